The minimum absolute atomic E-state index is 0.159. The third-order valence-corrected chi connectivity index (χ3v) is 5.29. The summed E-state index contributed by atoms with van der Waals surface area (Å²) in [6.07, 6.45) is 4.01. The molecule has 2 N–H and O–H groups in total. The maximum Gasteiger partial charge on any atom is 0.274 e. The van der Waals surface area contributed by atoms with Gasteiger partial charge in [0.2, 0.25) is 0 Å². The third-order valence-electron chi connectivity index (χ3n) is 5.29. The molecule has 0 radical (unpaired) electrons. The number of hydrogen-bond acceptors (Lipinski definition) is 5. The monoisotopic (exact) mass is 427 g/mol. The number of rotatable bonds is 5. The molecule has 0 spiro atoms. The van der Waals surface area contributed by atoms with Crippen LogP contribution in [0.1, 0.15) is 45.8 Å². The second-order valence-electron chi connectivity index (χ2n) is 8.38. The molecule has 1 aliphatic heterocycles. The molecule has 6 heteroatoms. The quantitative estimate of drug-likeness (QED) is 0.463. The van der Waals surface area contributed by atoms with Crippen molar-refractivity contribution in [1.29, 1.82) is 0 Å². The number of hydrogen-bond donors (Lipinski definition) is 2. The topological polar surface area (TPSA) is 80.3 Å². The van der Waals surface area contributed by atoms with E-state index in [1.54, 1.807) is 61.8 Å². The highest BCUT2D eigenvalue weighted by atomic mass is 16.5. The molecular formula is C26H25N3O3. The molecule has 3 aromatic rings. The van der Waals surface area contributed by atoms with E-state index in [0.29, 0.717) is 16.9 Å². The molecule has 0 saturated carbocycles. The van der Waals surface area contributed by atoms with E-state index in [9.17, 15) is 9.59 Å². The standard InChI is InChI=1S/C26H25N3O3/c1-26(2)16-18-10-11-20(32-3)14-21(18)23(29-26)15-24(30)17-7-6-8-19(13-17)28-25(31)22-9-4-5-12-27-22/h4-15,29H,16H2,1-3H3,(H,28,31). The number of ether oxygens (including phenoxy) is 1. The van der Waals surface area contributed by atoms with Crippen LogP contribution >= 0.6 is 0 Å². The highest BCUT2D eigenvalue weighted by molar-refractivity contribution is 6.10. The number of methoxy groups -OCH3 is 1. The lowest BCUT2D eigenvalue weighted by Crippen LogP contribution is -2.43. The molecule has 0 aliphatic carbocycles. The van der Waals surface area contributed by atoms with E-state index in [0.717, 1.165) is 29.0 Å². The van der Waals surface area contributed by atoms with Gasteiger partial charge in [-0.05, 0) is 62.2 Å². The van der Waals surface area contributed by atoms with Crippen LogP contribution in [0.2, 0.25) is 0 Å². The zero-order valence-electron chi connectivity index (χ0n) is 18.3. The molecule has 0 atom stereocenters. The fourth-order valence-electron chi connectivity index (χ4n) is 3.81. The fraction of sp³-hybridized carbons (Fsp3) is 0.192. The van der Waals surface area contributed by atoms with Gasteiger partial charge < -0.3 is 15.4 Å². The Labute approximate surface area is 187 Å². The molecule has 1 amide bonds. The van der Waals surface area contributed by atoms with Gasteiger partial charge in [-0.15, -0.1) is 0 Å². The van der Waals surface area contributed by atoms with Gasteiger partial charge in [0, 0.05) is 40.3 Å². The van der Waals surface area contributed by atoms with Crippen molar-refractivity contribution in [2.24, 2.45) is 0 Å². The Morgan fingerprint density at radius 2 is 1.94 bits per heavy atom. The van der Waals surface area contributed by atoms with Crippen LogP contribution in [0.25, 0.3) is 5.70 Å². The molecule has 0 unspecified atom stereocenters. The summed E-state index contributed by atoms with van der Waals surface area (Å²) in [5.41, 5.74) is 4.00. The number of benzene rings is 2. The number of nitrogens with zero attached hydrogens (tertiary/aromatic N) is 1. The third kappa shape index (κ3) is 4.70. The first-order chi connectivity index (χ1) is 15.3. The van der Waals surface area contributed by atoms with Crippen LogP contribution in [0.15, 0.2) is 72.9 Å². The molecule has 162 valence electrons. The Kier molecular flexibility index (Phi) is 5.77. The number of allylic oxidation sites excluding steroid dienone is 1. The Hall–Kier alpha value is -3.93. The highest BCUT2D eigenvalue weighted by Gasteiger charge is 2.28. The number of carbonyl (C=O) groups is 2. The van der Waals surface area contributed by atoms with E-state index >= 15 is 0 Å². The number of carbonyl (C=O) groups excluding carboxylic acids is 2. The highest BCUT2D eigenvalue weighted by Crippen LogP contribution is 2.32. The summed E-state index contributed by atoms with van der Waals surface area (Å²) in [5, 5.41) is 6.27. The minimum atomic E-state index is -0.328. The lowest BCUT2D eigenvalue weighted by atomic mass is 9.85. The summed E-state index contributed by atoms with van der Waals surface area (Å²) < 4.78 is 5.37. The lowest BCUT2D eigenvalue weighted by molar-refractivity contribution is 0.101. The van der Waals surface area contributed by atoms with Crippen molar-refractivity contribution in [3.8, 4) is 5.75 Å². The fourth-order valence-corrected chi connectivity index (χ4v) is 3.81. The zero-order chi connectivity index (χ0) is 22.7. The average Bonchev–Trinajstić information content (AvgIpc) is 2.79. The van der Waals surface area contributed by atoms with Crippen LogP contribution in [0, 0.1) is 0 Å². The van der Waals surface area contributed by atoms with Crippen molar-refractivity contribution < 1.29 is 14.3 Å². The van der Waals surface area contributed by atoms with Crippen LogP contribution in [-0.2, 0) is 6.42 Å². The molecule has 0 saturated heterocycles. The molecule has 1 aromatic heterocycles. The first-order valence-electron chi connectivity index (χ1n) is 10.4. The molecule has 1 aliphatic rings. The molecule has 4 rings (SSSR count). The number of nitrogens with one attached hydrogen (secondary N) is 2. The van der Waals surface area contributed by atoms with Gasteiger partial charge in [0.15, 0.2) is 5.78 Å². The zero-order valence-corrected chi connectivity index (χ0v) is 18.3. The Bertz CT molecular complexity index is 1200. The van der Waals surface area contributed by atoms with Gasteiger partial charge in [-0.1, -0.05) is 24.3 Å². The largest absolute Gasteiger partial charge is 0.497 e. The average molecular weight is 428 g/mol. The van der Waals surface area contributed by atoms with Gasteiger partial charge in [-0.3, -0.25) is 14.6 Å². The van der Waals surface area contributed by atoms with Gasteiger partial charge in [-0.25, -0.2) is 0 Å². The van der Waals surface area contributed by atoms with Crippen molar-refractivity contribution in [3.05, 3.63) is 95.3 Å². The Morgan fingerprint density at radius 3 is 2.69 bits per heavy atom. The van der Waals surface area contributed by atoms with Gasteiger partial charge in [-0.2, -0.15) is 0 Å². The van der Waals surface area contributed by atoms with Crippen LogP contribution in [0.4, 0.5) is 5.69 Å². The molecule has 6 nitrogen and oxygen atoms in total. The van der Waals surface area contributed by atoms with Crippen LogP contribution in [0.3, 0.4) is 0 Å². The van der Waals surface area contributed by atoms with Crippen LogP contribution in [-0.4, -0.2) is 29.3 Å². The van der Waals surface area contributed by atoms with Gasteiger partial charge in [0.25, 0.3) is 5.91 Å². The summed E-state index contributed by atoms with van der Waals surface area (Å²) in [5.74, 6) is 0.251. The van der Waals surface area contributed by atoms with Crippen molar-refractivity contribution >= 4 is 23.1 Å². The number of ketones is 1. The number of aromatic nitrogens is 1. The number of anilines is 1. The summed E-state index contributed by atoms with van der Waals surface area (Å²) in [7, 11) is 1.63. The minimum Gasteiger partial charge on any atom is -0.497 e. The van der Waals surface area contributed by atoms with E-state index in [-0.39, 0.29) is 17.2 Å². The lowest BCUT2D eigenvalue weighted by Gasteiger charge is -2.35. The summed E-state index contributed by atoms with van der Waals surface area (Å²) in [6, 6.07) is 17.9. The Balaban J connectivity index is 1.61. The first-order valence-corrected chi connectivity index (χ1v) is 10.4. The number of amides is 1. The maximum absolute atomic E-state index is 13.1. The Morgan fingerprint density at radius 1 is 1.09 bits per heavy atom. The van der Waals surface area contributed by atoms with E-state index < -0.39 is 0 Å². The van der Waals surface area contributed by atoms with Gasteiger partial charge in [0.1, 0.15) is 11.4 Å². The van der Waals surface area contributed by atoms with E-state index in [1.165, 1.54) is 0 Å². The number of pyridine rings is 1. The molecule has 2 aromatic carbocycles. The molecule has 2 heterocycles. The second-order valence-corrected chi connectivity index (χ2v) is 8.38. The predicted octanol–water partition coefficient (Wildman–Crippen LogP) is 4.49. The molecule has 0 fully saturated rings. The van der Waals surface area contributed by atoms with Gasteiger partial charge in [0.05, 0.1) is 7.11 Å². The molecular weight excluding hydrogens is 402 g/mol. The smallest absolute Gasteiger partial charge is 0.274 e. The molecule has 0 bridgehead atoms. The summed E-state index contributed by atoms with van der Waals surface area (Å²) in [6.45, 7) is 4.21. The van der Waals surface area contributed by atoms with Crippen molar-refractivity contribution in [1.82, 2.24) is 10.3 Å². The van der Waals surface area contributed by atoms with Gasteiger partial charge >= 0.3 is 0 Å². The van der Waals surface area contributed by atoms with Crippen molar-refractivity contribution in [3.63, 3.8) is 0 Å². The summed E-state index contributed by atoms with van der Waals surface area (Å²) >= 11 is 0. The van der Waals surface area contributed by atoms with E-state index in [1.807, 2.05) is 18.2 Å². The predicted molar refractivity (Wildman–Crippen MR) is 125 cm³/mol. The maximum atomic E-state index is 13.1. The SMILES string of the molecule is COc1ccc2c(c1)C(=CC(=O)c1cccc(NC(=O)c3ccccn3)c1)NC(C)(C)C2. The van der Waals surface area contributed by atoms with Crippen LogP contribution < -0.4 is 15.4 Å². The number of fused-ring (bicyclic) bond motifs is 1. The van der Waals surface area contributed by atoms with Crippen LogP contribution in [0.5, 0.6) is 5.75 Å². The van der Waals surface area contributed by atoms with Crippen molar-refractivity contribution in [2.45, 2.75) is 25.8 Å². The first kappa shape index (κ1) is 21.3. The second kappa shape index (κ2) is 8.67. The normalized spacial score (nSPS) is 15.4. The molecule has 32 heavy (non-hydrogen) atoms. The van der Waals surface area contributed by atoms with E-state index in [4.69, 9.17) is 4.74 Å². The van der Waals surface area contributed by atoms with Crippen molar-refractivity contribution in [2.75, 3.05) is 12.4 Å². The summed E-state index contributed by atoms with van der Waals surface area (Å²) in [4.78, 5) is 29.6. The van der Waals surface area contributed by atoms with E-state index in [2.05, 4.69) is 29.5 Å².